The van der Waals surface area contributed by atoms with Gasteiger partial charge in [0.25, 0.3) is 0 Å². The van der Waals surface area contributed by atoms with Gasteiger partial charge >= 0.3 is 0 Å². The first-order chi connectivity index (χ1) is 12.2. The Labute approximate surface area is 148 Å². The van der Waals surface area contributed by atoms with Crippen LogP contribution >= 0.6 is 0 Å². The van der Waals surface area contributed by atoms with Crippen LogP contribution in [0.4, 0.5) is 0 Å². The van der Waals surface area contributed by atoms with Crippen molar-refractivity contribution in [2.24, 2.45) is 0 Å². The molecule has 4 nitrogen and oxygen atoms in total. The summed E-state index contributed by atoms with van der Waals surface area (Å²) < 4.78 is 0. The largest absolute Gasteiger partial charge is 0.294 e. The molecule has 3 rings (SSSR count). The molecule has 0 amide bonds. The summed E-state index contributed by atoms with van der Waals surface area (Å²) in [6, 6.07) is 20.1. The normalized spacial score (nSPS) is 10.8. The Hall–Kier alpha value is -2.85. The van der Waals surface area contributed by atoms with E-state index in [1.807, 2.05) is 54.7 Å². The fourth-order valence-corrected chi connectivity index (χ4v) is 2.69. The molecule has 0 aliphatic carbocycles. The highest BCUT2D eigenvalue weighted by Gasteiger charge is 2.10. The Bertz CT molecular complexity index is 760. The number of benzene rings is 1. The number of rotatable bonds is 7. The summed E-state index contributed by atoms with van der Waals surface area (Å²) in [7, 11) is 0. The van der Waals surface area contributed by atoms with Crippen molar-refractivity contribution < 1.29 is 4.79 Å². The SMILES string of the molecule is CC(=O)c1ccc(CN(Cc2ccccc2)Cc2ccccn2)nc1. The molecule has 0 saturated carbocycles. The zero-order valence-corrected chi connectivity index (χ0v) is 14.3. The molecule has 0 spiro atoms. The predicted molar refractivity (Wildman–Crippen MR) is 97.9 cm³/mol. The van der Waals surface area contributed by atoms with E-state index in [2.05, 4.69) is 27.0 Å². The monoisotopic (exact) mass is 331 g/mol. The van der Waals surface area contributed by atoms with Crippen LogP contribution < -0.4 is 0 Å². The quantitative estimate of drug-likeness (QED) is 0.616. The molecule has 0 radical (unpaired) electrons. The van der Waals surface area contributed by atoms with Gasteiger partial charge in [-0.15, -0.1) is 0 Å². The highest BCUT2D eigenvalue weighted by molar-refractivity contribution is 5.93. The number of pyridine rings is 2. The van der Waals surface area contributed by atoms with Gasteiger partial charge in [-0.3, -0.25) is 19.7 Å². The van der Waals surface area contributed by atoms with Gasteiger partial charge in [-0.05, 0) is 36.8 Å². The minimum absolute atomic E-state index is 0.0358. The van der Waals surface area contributed by atoms with Crippen molar-refractivity contribution in [2.45, 2.75) is 26.6 Å². The lowest BCUT2D eigenvalue weighted by atomic mass is 10.1. The molecular formula is C21H21N3O. The maximum atomic E-state index is 11.4. The zero-order valence-electron chi connectivity index (χ0n) is 14.3. The molecule has 0 aliphatic rings. The van der Waals surface area contributed by atoms with Gasteiger partial charge < -0.3 is 0 Å². The second kappa shape index (κ2) is 8.31. The Morgan fingerprint density at radius 2 is 1.56 bits per heavy atom. The van der Waals surface area contributed by atoms with Gasteiger partial charge in [-0.25, -0.2) is 0 Å². The predicted octanol–water partition coefficient (Wildman–Crippen LogP) is 3.88. The molecular weight excluding hydrogens is 310 g/mol. The number of hydrogen-bond donors (Lipinski definition) is 0. The number of ketones is 1. The van der Waals surface area contributed by atoms with Gasteiger partial charge in [0.2, 0.25) is 0 Å². The van der Waals surface area contributed by atoms with Crippen molar-refractivity contribution >= 4 is 5.78 Å². The highest BCUT2D eigenvalue weighted by atomic mass is 16.1. The second-order valence-corrected chi connectivity index (χ2v) is 6.05. The molecule has 0 fully saturated rings. The average Bonchev–Trinajstić information content (AvgIpc) is 2.64. The molecule has 0 atom stereocenters. The topological polar surface area (TPSA) is 46.1 Å². The molecule has 3 aromatic rings. The van der Waals surface area contributed by atoms with Crippen LogP contribution in [0, 0.1) is 0 Å². The van der Waals surface area contributed by atoms with E-state index in [0.29, 0.717) is 12.1 Å². The van der Waals surface area contributed by atoms with Crippen LogP contribution in [0.1, 0.15) is 34.2 Å². The van der Waals surface area contributed by atoms with E-state index < -0.39 is 0 Å². The summed E-state index contributed by atoms with van der Waals surface area (Å²) in [5, 5.41) is 0. The maximum Gasteiger partial charge on any atom is 0.161 e. The Balaban J connectivity index is 1.76. The molecule has 0 saturated heterocycles. The van der Waals surface area contributed by atoms with Crippen molar-refractivity contribution in [3.05, 3.63) is 95.6 Å². The van der Waals surface area contributed by atoms with Gasteiger partial charge in [-0.2, -0.15) is 0 Å². The van der Waals surface area contributed by atoms with E-state index in [-0.39, 0.29) is 5.78 Å². The lowest BCUT2D eigenvalue weighted by Crippen LogP contribution is -2.23. The molecule has 0 aliphatic heterocycles. The summed E-state index contributed by atoms with van der Waals surface area (Å²) in [6.45, 7) is 3.81. The van der Waals surface area contributed by atoms with Crippen molar-refractivity contribution in [1.29, 1.82) is 0 Å². The first kappa shape index (κ1) is 17.0. The van der Waals surface area contributed by atoms with Crippen molar-refractivity contribution in [2.75, 3.05) is 0 Å². The molecule has 2 aromatic heterocycles. The number of hydrogen-bond acceptors (Lipinski definition) is 4. The Kier molecular flexibility index (Phi) is 5.65. The van der Waals surface area contributed by atoms with Crippen LogP contribution in [0.15, 0.2) is 73.1 Å². The molecule has 1 aromatic carbocycles. The average molecular weight is 331 g/mol. The molecule has 0 bridgehead atoms. The van der Waals surface area contributed by atoms with Crippen LogP contribution in [0.5, 0.6) is 0 Å². The lowest BCUT2D eigenvalue weighted by Gasteiger charge is -2.22. The third-order valence-corrected chi connectivity index (χ3v) is 3.98. The standard InChI is InChI=1S/C21H21N3O/c1-17(25)19-10-11-21(23-13-19)16-24(14-18-7-3-2-4-8-18)15-20-9-5-6-12-22-20/h2-13H,14-16H2,1H3. The highest BCUT2D eigenvalue weighted by Crippen LogP contribution is 2.12. The van der Waals surface area contributed by atoms with Gasteiger partial charge in [-0.1, -0.05) is 36.4 Å². The zero-order chi connectivity index (χ0) is 17.5. The van der Waals surface area contributed by atoms with Crippen LogP contribution in [0.3, 0.4) is 0 Å². The minimum Gasteiger partial charge on any atom is -0.294 e. The number of aromatic nitrogens is 2. The maximum absolute atomic E-state index is 11.4. The van der Waals surface area contributed by atoms with E-state index >= 15 is 0 Å². The number of carbonyl (C=O) groups is 1. The van der Waals surface area contributed by atoms with Crippen molar-refractivity contribution in [3.63, 3.8) is 0 Å². The van der Waals surface area contributed by atoms with Crippen LogP contribution in [0.2, 0.25) is 0 Å². The van der Waals surface area contributed by atoms with E-state index in [9.17, 15) is 4.79 Å². The van der Waals surface area contributed by atoms with Gasteiger partial charge in [0.15, 0.2) is 5.78 Å². The summed E-state index contributed by atoms with van der Waals surface area (Å²) in [5.74, 6) is 0.0358. The number of carbonyl (C=O) groups excluding carboxylic acids is 1. The van der Waals surface area contributed by atoms with Crippen molar-refractivity contribution in [3.8, 4) is 0 Å². The molecule has 0 unspecified atom stereocenters. The minimum atomic E-state index is 0.0358. The van der Waals surface area contributed by atoms with Crippen LogP contribution in [-0.2, 0) is 19.6 Å². The van der Waals surface area contributed by atoms with E-state index in [1.165, 1.54) is 5.56 Å². The molecule has 2 heterocycles. The molecule has 0 N–H and O–H groups in total. The smallest absolute Gasteiger partial charge is 0.161 e. The first-order valence-corrected chi connectivity index (χ1v) is 8.33. The van der Waals surface area contributed by atoms with E-state index in [1.54, 1.807) is 13.1 Å². The fraction of sp³-hybridized carbons (Fsp3) is 0.190. The third kappa shape index (κ3) is 5.06. The first-order valence-electron chi connectivity index (χ1n) is 8.33. The summed E-state index contributed by atoms with van der Waals surface area (Å²) in [4.78, 5) is 22.6. The molecule has 4 heteroatoms. The van der Waals surface area contributed by atoms with Crippen LogP contribution in [0.25, 0.3) is 0 Å². The summed E-state index contributed by atoms with van der Waals surface area (Å²) >= 11 is 0. The third-order valence-electron chi connectivity index (χ3n) is 3.98. The van der Waals surface area contributed by atoms with E-state index in [4.69, 9.17) is 0 Å². The number of Topliss-reactive ketones (excluding diaryl/α,β-unsaturated/α-hetero) is 1. The fourth-order valence-electron chi connectivity index (χ4n) is 2.69. The summed E-state index contributed by atoms with van der Waals surface area (Å²) in [6.07, 6.45) is 3.47. The van der Waals surface area contributed by atoms with Gasteiger partial charge in [0.1, 0.15) is 0 Å². The molecule has 25 heavy (non-hydrogen) atoms. The summed E-state index contributed by atoms with van der Waals surface area (Å²) in [5.41, 5.74) is 3.86. The van der Waals surface area contributed by atoms with Gasteiger partial charge in [0.05, 0.1) is 11.4 Å². The second-order valence-electron chi connectivity index (χ2n) is 6.05. The Morgan fingerprint density at radius 1 is 0.840 bits per heavy atom. The number of nitrogens with zero attached hydrogens (tertiary/aromatic N) is 3. The van der Waals surface area contributed by atoms with Crippen molar-refractivity contribution in [1.82, 2.24) is 14.9 Å². The van der Waals surface area contributed by atoms with Gasteiger partial charge in [0, 0.05) is 37.6 Å². The van der Waals surface area contributed by atoms with E-state index in [0.717, 1.165) is 24.5 Å². The molecule has 126 valence electrons. The lowest BCUT2D eigenvalue weighted by molar-refractivity contribution is 0.101. The Morgan fingerprint density at radius 3 is 2.16 bits per heavy atom. The van der Waals surface area contributed by atoms with Crippen LogP contribution in [-0.4, -0.2) is 20.7 Å².